The van der Waals surface area contributed by atoms with Gasteiger partial charge in [0.15, 0.2) is 0 Å². The van der Waals surface area contributed by atoms with Crippen LogP contribution < -0.4 is 9.64 Å². The van der Waals surface area contributed by atoms with Gasteiger partial charge in [-0.15, -0.1) is 0 Å². The van der Waals surface area contributed by atoms with Gasteiger partial charge in [-0.05, 0) is 56.2 Å². The third-order valence-electron chi connectivity index (χ3n) is 8.34. The minimum Gasteiger partial charge on any atom is -0.493 e. The number of aromatic nitrogens is 2. The topological polar surface area (TPSA) is 56.6 Å². The van der Waals surface area contributed by atoms with Crippen LogP contribution in [0.3, 0.4) is 0 Å². The lowest BCUT2D eigenvalue weighted by atomic mass is 9.79. The van der Waals surface area contributed by atoms with Crippen molar-refractivity contribution in [3.8, 4) is 17.0 Å². The first-order chi connectivity index (χ1) is 20.5. The molecule has 214 valence electrons. The lowest BCUT2D eigenvalue weighted by Gasteiger charge is -2.33. The number of rotatable bonds is 10. The van der Waals surface area contributed by atoms with Gasteiger partial charge in [-0.25, -0.2) is 4.79 Å². The molecule has 0 bridgehead atoms. The van der Waals surface area contributed by atoms with Crippen LogP contribution in [0.25, 0.3) is 22.2 Å². The molecule has 0 spiro atoms. The monoisotopic (exact) mass is 559 g/mol. The van der Waals surface area contributed by atoms with Crippen molar-refractivity contribution >= 4 is 22.6 Å². The van der Waals surface area contributed by atoms with Gasteiger partial charge >= 0.3 is 5.97 Å². The van der Waals surface area contributed by atoms with Gasteiger partial charge in [0, 0.05) is 60.1 Å². The van der Waals surface area contributed by atoms with Gasteiger partial charge in [-0.1, -0.05) is 61.9 Å². The van der Waals surface area contributed by atoms with E-state index in [2.05, 4.69) is 79.8 Å². The molecule has 42 heavy (non-hydrogen) atoms. The largest absolute Gasteiger partial charge is 0.493 e. The number of hydrogen-bond donors (Lipinski definition) is 0. The second-order valence-electron chi connectivity index (χ2n) is 10.7. The number of carbonyl (C=O) groups excluding carboxylic acids is 1. The van der Waals surface area contributed by atoms with Gasteiger partial charge in [0.05, 0.1) is 17.9 Å². The van der Waals surface area contributed by atoms with E-state index in [-0.39, 0.29) is 0 Å². The highest BCUT2D eigenvalue weighted by Gasteiger charge is 2.54. The molecule has 0 N–H and O–H groups in total. The molecule has 0 saturated carbocycles. The van der Waals surface area contributed by atoms with Gasteiger partial charge in [-0.3, -0.25) is 4.98 Å². The van der Waals surface area contributed by atoms with Crippen molar-refractivity contribution < 1.29 is 14.3 Å². The van der Waals surface area contributed by atoms with Crippen LogP contribution in [0, 0.1) is 0 Å². The Hall–Kier alpha value is -4.58. The number of esters is 1. The summed E-state index contributed by atoms with van der Waals surface area (Å²) in [6.07, 6.45) is 3.67. The summed E-state index contributed by atoms with van der Waals surface area (Å²) in [5.41, 5.74) is 5.48. The van der Waals surface area contributed by atoms with E-state index >= 15 is 0 Å². The fraction of sp³-hybridized carbons (Fsp3) is 0.278. The molecule has 3 aromatic carbocycles. The zero-order valence-corrected chi connectivity index (χ0v) is 24.8. The predicted molar refractivity (Wildman–Crippen MR) is 168 cm³/mol. The molecule has 5 aromatic rings. The number of fused-ring (bicyclic) bond motifs is 2. The maximum atomic E-state index is 13.7. The predicted octanol–water partition coefficient (Wildman–Crippen LogP) is 7.73. The fourth-order valence-corrected chi connectivity index (χ4v) is 6.30. The van der Waals surface area contributed by atoms with Crippen molar-refractivity contribution in [2.75, 3.05) is 24.6 Å². The molecular formula is C36H37N3O3. The summed E-state index contributed by atoms with van der Waals surface area (Å²) in [7, 11) is 2.07. The van der Waals surface area contributed by atoms with Crippen LogP contribution in [0.2, 0.25) is 0 Å². The van der Waals surface area contributed by atoms with E-state index in [1.54, 1.807) is 12.3 Å². The summed E-state index contributed by atoms with van der Waals surface area (Å²) in [6.45, 7) is 8.76. The lowest BCUT2D eigenvalue weighted by Crippen LogP contribution is -2.32. The van der Waals surface area contributed by atoms with E-state index < -0.39 is 11.6 Å². The highest BCUT2D eigenvalue weighted by Crippen LogP contribution is 2.54. The molecule has 0 radical (unpaired) electrons. The van der Waals surface area contributed by atoms with Crippen molar-refractivity contribution in [1.29, 1.82) is 0 Å². The lowest BCUT2D eigenvalue weighted by molar-refractivity contribution is 0.0241. The van der Waals surface area contributed by atoms with Crippen LogP contribution >= 0.6 is 0 Å². The zero-order valence-electron chi connectivity index (χ0n) is 24.8. The first kappa shape index (κ1) is 27.6. The molecule has 6 heteroatoms. The number of unbranched alkanes of at least 4 members (excludes halogenated alkanes) is 1. The maximum Gasteiger partial charge on any atom is 0.341 e. The third-order valence-corrected chi connectivity index (χ3v) is 8.34. The Balaban J connectivity index is 1.74. The van der Waals surface area contributed by atoms with Crippen molar-refractivity contribution in [2.45, 2.75) is 39.2 Å². The Labute approximate surface area is 247 Å². The second-order valence-corrected chi connectivity index (χ2v) is 10.7. The van der Waals surface area contributed by atoms with Crippen molar-refractivity contribution in [3.63, 3.8) is 0 Å². The fourth-order valence-electron chi connectivity index (χ4n) is 6.30. The Bertz CT molecular complexity index is 1740. The summed E-state index contributed by atoms with van der Waals surface area (Å²) >= 11 is 0. The van der Waals surface area contributed by atoms with Crippen molar-refractivity contribution in [1.82, 2.24) is 9.55 Å². The highest BCUT2D eigenvalue weighted by molar-refractivity contribution is 6.00. The van der Waals surface area contributed by atoms with Crippen LogP contribution in [-0.2, 0) is 17.4 Å². The molecule has 0 fully saturated rings. The number of ether oxygens (including phenoxy) is 2. The van der Waals surface area contributed by atoms with Crippen LogP contribution in [0.4, 0.5) is 5.69 Å². The maximum absolute atomic E-state index is 13.7. The number of anilines is 1. The quantitative estimate of drug-likeness (QED) is 0.129. The zero-order chi connectivity index (χ0) is 29.3. The van der Waals surface area contributed by atoms with Crippen LogP contribution in [-0.4, -0.2) is 35.2 Å². The second kappa shape index (κ2) is 11.4. The molecular weight excluding hydrogens is 522 g/mol. The molecule has 6 nitrogen and oxygen atoms in total. The number of pyridine rings is 1. The van der Waals surface area contributed by atoms with Crippen molar-refractivity contribution in [2.24, 2.45) is 7.05 Å². The Kier molecular flexibility index (Phi) is 7.46. The molecule has 1 aliphatic heterocycles. The molecule has 0 aliphatic carbocycles. The number of cyclic esters (lactones) is 1. The number of carbonyl (C=O) groups is 1. The van der Waals surface area contributed by atoms with Crippen LogP contribution in [0.1, 0.15) is 60.8 Å². The number of para-hydroxylation sites is 1. The number of nitrogens with zero attached hydrogens (tertiary/aromatic N) is 3. The molecule has 2 aromatic heterocycles. The molecule has 1 unspecified atom stereocenters. The number of aryl methyl sites for hydroxylation is 1. The molecule has 1 aliphatic rings. The Morgan fingerprint density at radius 2 is 1.69 bits per heavy atom. The standard InChI is InChI=1S/C36H37N3O3/c1-5-8-23-41-31-24-26(39(6-2)7-3)20-21-29(31)36(34-28(35(40)42-36)18-14-22-37-34)32-27-17-12-13-19-30(27)38(4)33(32)25-15-10-9-11-16-25/h9-22,24H,5-8,23H2,1-4H3. The van der Waals surface area contributed by atoms with E-state index in [1.165, 1.54) is 0 Å². The normalized spacial score (nSPS) is 16.0. The number of hydrogen-bond acceptors (Lipinski definition) is 5. The third kappa shape index (κ3) is 4.33. The molecule has 6 rings (SSSR count). The van der Waals surface area contributed by atoms with E-state index in [0.717, 1.165) is 64.9 Å². The van der Waals surface area contributed by atoms with Gasteiger partial charge in [0.2, 0.25) is 5.60 Å². The summed E-state index contributed by atoms with van der Waals surface area (Å²) in [6, 6.07) is 28.5. The summed E-state index contributed by atoms with van der Waals surface area (Å²) in [5.74, 6) is 0.309. The summed E-state index contributed by atoms with van der Waals surface area (Å²) in [4.78, 5) is 20.9. The Morgan fingerprint density at radius 3 is 2.45 bits per heavy atom. The Morgan fingerprint density at radius 1 is 0.929 bits per heavy atom. The van der Waals surface area contributed by atoms with E-state index in [9.17, 15) is 4.79 Å². The van der Waals surface area contributed by atoms with E-state index in [1.807, 2.05) is 36.4 Å². The number of benzene rings is 3. The minimum absolute atomic E-state index is 0.391. The molecule has 3 heterocycles. The van der Waals surface area contributed by atoms with Gasteiger partial charge in [0.25, 0.3) is 0 Å². The first-order valence-electron chi connectivity index (χ1n) is 14.9. The molecule has 1 atom stereocenters. The average molecular weight is 560 g/mol. The van der Waals surface area contributed by atoms with Crippen LogP contribution in [0.15, 0.2) is 91.1 Å². The first-order valence-corrected chi connectivity index (χ1v) is 14.9. The van der Waals surface area contributed by atoms with E-state index in [0.29, 0.717) is 23.6 Å². The van der Waals surface area contributed by atoms with E-state index in [4.69, 9.17) is 14.5 Å². The summed E-state index contributed by atoms with van der Waals surface area (Å²) < 4.78 is 15.4. The van der Waals surface area contributed by atoms with Gasteiger partial charge in [-0.2, -0.15) is 0 Å². The SMILES string of the molecule is CCCCOc1cc(N(CC)CC)ccc1C1(c2c(-c3ccccc3)n(C)c3ccccc23)OC(=O)c2cccnc21. The average Bonchev–Trinajstić information content (AvgIpc) is 3.50. The van der Waals surface area contributed by atoms with Gasteiger partial charge in [0.1, 0.15) is 11.4 Å². The van der Waals surface area contributed by atoms with Crippen LogP contribution in [0.5, 0.6) is 5.75 Å². The minimum atomic E-state index is -1.33. The summed E-state index contributed by atoms with van der Waals surface area (Å²) in [5, 5.41) is 0.998. The molecule has 0 amide bonds. The highest BCUT2D eigenvalue weighted by atomic mass is 16.6. The molecule has 0 saturated heterocycles. The smallest absolute Gasteiger partial charge is 0.341 e. The van der Waals surface area contributed by atoms with Gasteiger partial charge < -0.3 is 18.9 Å². The van der Waals surface area contributed by atoms with Crippen molar-refractivity contribution in [3.05, 3.63) is 114 Å².